The zero-order valence-corrected chi connectivity index (χ0v) is 6.13. The fourth-order valence-electron chi connectivity index (χ4n) is 1.06. The van der Waals surface area contributed by atoms with Gasteiger partial charge in [0.25, 0.3) is 0 Å². The van der Waals surface area contributed by atoms with Crippen LogP contribution in [0, 0.1) is 5.92 Å². The molecule has 0 amide bonds. The van der Waals surface area contributed by atoms with E-state index in [4.69, 9.17) is 4.74 Å². The number of esters is 1. The fourth-order valence-corrected chi connectivity index (χ4v) is 1.06. The fraction of sp³-hybridized carbons (Fsp3) is 0.857. The van der Waals surface area contributed by atoms with Crippen LogP contribution in [-0.2, 0) is 14.3 Å². The number of carbonyl (C=O) groups excluding carboxylic acids is 1. The summed E-state index contributed by atoms with van der Waals surface area (Å²) in [5.41, 5.74) is 0. The minimum atomic E-state index is -0.129. The van der Waals surface area contributed by atoms with Gasteiger partial charge in [0, 0.05) is 6.61 Å². The molecule has 58 valence electrons. The minimum Gasteiger partial charge on any atom is -0.469 e. The molecule has 3 nitrogen and oxygen atoms in total. The lowest BCUT2D eigenvalue weighted by Gasteiger charge is -2.03. The van der Waals surface area contributed by atoms with Crippen LogP contribution in [-0.4, -0.2) is 26.3 Å². The van der Waals surface area contributed by atoms with E-state index in [1.807, 2.05) is 0 Å². The highest BCUT2D eigenvalue weighted by molar-refractivity contribution is 5.69. The van der Waals surface area contributed by atoms with Gasteiger partial charge in [0.15, 0.2) is 0 Å². The lowest BCUT2D eigenvalue weighted by atomic mass is 10.1. The maximum absolute atomic E-state index is 10.7. The molecule has 1 heterocycles. The Hall–Kier alpha value is -0.570. The van der Waals surface area contributed by atoms with E-state index in [9.17, 15) is 4.79 Å². The van der Waals surface area contributed by atoms with E-state index in [1.54, 1.807) is 0 Å². The molecule has 1 fully saturated rings. The van der Waals surface area contributed by atoms with Crippen LogP contribution in [0.2, 0.25) is 0 Å². The van der Waals surface area contributed by atoms with Crippen LogP contribution in [0.15, 0.2) is 0 Å². The molecule has 1 saturated heterocycles. The highest BCUT2D eigenvalue weighted by Gasteiger charge is 2.18. The lowest BCUT2D eigenvalue weighted by molar-refractivity contribution is -0.141. The summed E-state index contributed by atoms with van der Waals surface area (Å²) in [6.07, 6.45) is 1.51. The van der Waals surface area contributed by atoms with Gasteiger partial charge in [-0.3, -0.25) is 4.79 Å². The second-order valence-electron chi connectivity index (χ2n) is 2.51. The number of carbonyl (C=O) groups is 1. The van der Waals surface area contributed by atoms with Crippen molar-refractivity contribution in [1.29, 1.82) is 0 Å². The molecule has 0 bridgehead atoms. The summed E-state index contributed by atoms with van der Waals surface area (Å²) >= 11 is 0. The van der Waals surface area contributed by atoms with Crippen molar-refractivity contribution < 1.29 is 14.3 Å². The van der Waals surface area contributed by atoms with Crippen molar-refractivity contribution in [2.75, 3.05) is 20.3 Å². The first-order chi connectivity index (χ1) is 4.83. The van der Waals surface area contributed by atoms with Crippen LogP contribution in [0.25, 0.3) is 0 Å². The van der Waals surface area contributed by atoms with Gasteiger partial charge in [-0.25, -0.2) is 0 Å². The molecule has 0 radical (unpaired) electrons. The van der Waals surface area contributed by atoms with Gasteiger partial charge in [0.05, 0.1) is 20.1 Å². The minimum absolute atomic E-state index is 0.129. The van der Waals surface area contributed by atoms with Crippen LogP contribution < -0.4 is 0 Å². The molecule has 0 aromatic rings. The van der Waals surface area contributed by atoms with Gasteiger partial charge in [-0.15, -0.1) is 0 Å². The summed E-state index contributed by atoms with van der Waals surface area (Å²) in [5, 5.41) is 0. The third-order valence-electron chi connectivity index (χ3n) is 1.71. The molecule has 3 heteroatoms. The summed E-state index contributed by atoms with van der Waals surface area (Å²) in [6, 6.07) is 0. The monoisotopic (exact) mass is 144 g/mol. The first kappa shape index (κ1) is 7.54. The van der Waals surface area contributed by atoms with Crippen LogP contribution in [0.3, 0.4) is 0 Å². The molecule has 1 rings (SSSR count). The highest BCUT2D eigenvalue weighted by atomic mass is 16.5. The van der Waals surface area contributed by atoms with E-state index < -0.39 is 0 Å². The van der Waals surface area contributed by atoms with Crippen LogP contribution in [0.5, 0.6) is 0 Å². The molecule has 0 aliphatic carbocycles. The molecule has 0 aromatic carbocycles. The predicted octanol–water partition coefficient (Wildman–Crippen LogP) is 0.586. The van der Waals surface area contributed by atoms with Gasteiger partial charge in [0.1, 0.15) is 0 Å². The molecule has 0 unspecified atom stereocenters. The molecule has 1 aliphatic rings. The van der Waals surface area contributed by atoms with Crippen molar-refractivity contribution >= 4 is 5.97 Å². The standard InChI is InChI=1S/C7H12O3/c1-9-7(8)4-6-2-3-10-5-6/h6H,2-5H2,1H3/t6-/m0/s1. The first-order valence-electron chi connectivity index (χ1n) is 3.47. The second-order valence-corrected chi connectivity index (χ2v) is 2.51. The predicted molar refractivity (Wildman–Crippen MR) is 35.6 cm³/mol. The van der Waals surface area contributed by atoms with Gasteiger partial charge in [-0.1, -0.05) is 0 Å². The number of hydrogen-bond acceptors (Lipinski definition) is 3. The van der Waals surface area contributed by atoms with Crippen molar-refractivity contribution in [2.45, 2.75) is 12.8 Å². The molecular weight excluding hydrogens is 132 g/mol. The Balaban J connectivity index is 2.17. The molecule has 1 atom stereocenters. The molecule has 0 saturated carbocycles. The molecular formula is C7H12O3. The maximum Gasteiger partial charge on any atom is 0.305 e. The first-order valence-corrected chi connectivity index (χ1v) is 3.47. The number of hydrogen-bond donors (Lipinski definition) is 0. The average molecular weight is 144 g/mol. The van der Waals surface area contributed by atoms with Gasteiger partial charge >= 0.3 is 5.97 Å². The third-order valence-corrected chi connectivity index (χ3v) is 1.71. The summed E-state index contributed by atoms with van der Waals surface area (Å²) in [7, 11) is 1.41. The summed E-state index contributed by atoms with van der Waals surface area (Å²) in [5.74, 6) is 0.267. The highest BCUT2D eigenvalue weighted by Crippen LogP contribution is 2.16. The normalized spacial score (nSPS) is 24.7. The summed E-state index contributed by atoms with van der Waals surface area (Å²) in [6.45, 7) is 1.51. The maximum atomic E-state index is 10.7. The zero-order valence-electron chi connectivity index (χ0n) is 6.13. The molecule has 10 heavy (non-hydrogen) atoms. The van der Waals surface area contributed by atoms with Gasteiger partial charge in [0.2, 0.25) is 0 Å². The lowest BCUT2D eigenvalue weighted by Crippen LogP contribution is -2.09. The molecule has 1 aliphatic heterocycles. The largest absolute Gasteiger partial charge is 0.469 e. The molecule has 0 N–H and O–H groups in total. The van der Waals surface area contributed by atoms with Gasteiger partial charge < -0.3 is 9.47 Å². The Kier molecular flexibility index (Phi) is 2.68. The van der Waals surface area contributed by atoms with Crippen LogP contribution in [0.1, 0.15) is 12.8 Å². The van der Waals surface area contributed by atoms with Gasteiger partial charge in [-0.05, 0) is 12.3 Å². The smallest absolute Gasteiger partial charge is 0.305 e. The topological polar surface area (TPSA) is 35.5 Å². The SMILES string of the molecule is COC(=O)C[C@@H]1CCOC1. The number of rotatable bonds is 2. The van der Waals surface area contributed by atoms with Crippen LogP contribution in [0.4, 0.5) is 0 Å². The van der Waals surface area contributed by atoms with Crippen molar-refractivity contribution in [3.8, 4) is 0 Å². The second kappa shape index (κ2) is 3.56. The number of methoxy groups -OCH3 is 1. The Morgan fingerprint density at radius 3 is 3.10 bits per heavy atom. The van der Waals surface area contributed by atoms with E-state index in [2.05, 4.69) is 4.74 Å². The average Bonchev–Trinajstić information content (AvgIpc) is 2.40. The zero-order chi connectivity index (χ0) is 7.40. The van der Waals surface area contributed by atoms with E-state index >= 15 is 0 Å². The van der Waals surface area contributed by atoms with E-state index in [1.165, 1.54) is 7.11 Å². The van der Waals surface area contributed by atoms with E-state index in [-0.39, 0.29) is 5.97 Å². The van der Waals surface area contributed by atoms with Crippen LogP contribution >= 0.6 is 0 Å². The Labute approximate surface area is 60.3 Å². The summed E-state index contributed by atoms with van der Waals surface area (Å²) in [4.78, 5) is 10.7. The van der Waals surface area contributed by atoms with Gasteiger partial charge in [-0.2, -0.15) is 0 Å². The molecule has 0 aromatic heterocycles. The van der Waals surface area contributed by atoms with Crippen molar-refractivity contribution in [2.24, 2.45) is 5.92 Å². The third kappa shape index (κ3) is 1.99. The Morgan fingerprint density at radius 1 is 1.80 bits per heavy atom. The molecule has 0 spiro atoms. The van der Waals surface area contributed by atoms with Crippen molar-refractivity contribution in [3.63, 3.8) is 0 Å². The van der Waals surface area contributed by atoms with E-state index in [0.29, 0.717) is 12.3 Å². The summed E-state index contributed by atoms with van der Waals surface area (Å²) < 4.78 is 9.61. The number of ether oxygens (including phenoxy) is 2. The quantitative estimate of drug-likeness (QED) is 0.532. The van der Waals surface area contributed by atoms with Crippen molar-refractivity contribution in [1.82, 2.24) is 0 Å². The Bertz CT molecular complexity index is 116. The Morgan fingerprint density at radius 2 is 2.60 bits per heavy atom. The van der Waals surface area contributed by atoms with Crippen molar-refractivity contribution in [3.05, 3.63) is 0 Å². The van der Waals surface area contributed by atoms with E-state index in [0.717, 1.165) is 19.6 Å².